The summed E-state index contributed by atoms with van der Waals surface area (Å²) in [6, 6.07) is 0. The van der Waals surface area contributed by atoms with Crippen molar-refractivity contribution in [2.24, 2.45) is 5.92 Å². The molecule has 1 aliphatic heterocycles. The van der Waals surface area contributed by atoms with Crippen LogP contribution in [0.3, 0.4) is 0 Å². The van der Waals surface area contributed by atoms with Gasteiger partial charge in [0.15, 0.2) is 0 Å². The van der Waals surface area contributed by atoms with Crippen molar-refractivity contribution in [1.29, 1.82) is 0 Å². The van der Waals surface area contributed by atoms with Crippen molar-refractivity contribution in [3.8, 4) is 0 Å². The van der Waals surface area contributed by atoms with E-state index in [1.165, 1.54) is 19.3 Å². The summed E-state index contributed by atoms with van der Waals surface area (Å²) in [7, 11) is 0. The van der Waals surface area contributed by atoms with E-state index < -0.39 is 0 Å². The van der Waals surface area contributed by atoms with E-state index in [-0.39, 0.29) is 38.6 Å². The van der Waals surface area contributed by atoms with Crippen LogP contribution >= 0.6 is 11.8 Å². The standard InChI is InChI=1S/C9H12NOS.Y/c1-6(11)10-9-5-7-3-2-4-8(7)12-9;/h7-8H,2-4H2,1H3,(H,10,11);/q-1;. The van der Waals surface area contributed by atoms with Gasteiger partial charge in [0, 0.05) is 39.6 Å². The van der Waals surface area contributed by atoms with Crippen LogP contribution in [0.25, 0.3) is 0 Å². The van der Waals surface area contributed by atoms with Gasteiger partial charge < -0.3 is 11.4 Å². The molecule has 4 heteroatoms. The van der Waals surface area contributed by atoms with E-state index in [1.807, 2.05) is 0 Å². The summed E-state index contributed by atoms with van der Waals surface area (Å²) >= 11 is 1.78. The predicted molar refractivity (Wildman–Crippen MR) is 49.3 cm³/mol. The van der Waals surface area contributed by atoms with Crippen LogP contribution in [0.15, 0.2) is 5.03 Å². The van der Waals surface area contributed by atoms with E-state index >= 15 is 0 Å². The first kappa shape index (κ1) is 11.7. The second-order valence-corrected chi connectivity index (χ2v) is 4.60. The van der Waals surface area contributed by atoms with Crippen LogP contribution < -0.4 is 5.32 Å². The van der Waals surface area contributed by atoms with E-state index in [1.54, 1.807) is 18.7 Å². The number of thioether (sulfide) groups is 1. The SMILES string of the molecule is CC(=O)NC1=[C-]C2CCCC2S1.[Y]. The molecule has 69 valence electrons. The van der Waals surface area contributed by atoms with Gasteiger partial charge in [0.2, 0.25) is 5.91 Å². The number of rotatable bonds is 1. The molecule has 0 bridgehead atoms. The Morgan fingerprint density at radius 1 is 1.62 bits per heavy atom. The number of carbonyl (C=O) groups excluding carboxylic acids is 1. The Hall–Kier alpha value is 0.664. The Morgan fingerprint density at radius 2 is 2.38 bits per heavy atom. The second kappa shape index (κ2) is 4.95. The van der Waals surface area contributed by atoms with Gasteiger partial charge in [-0.2, -0.15) is 5.92 Å². The van der Waals surface area contributed by atoms with E-state index in [4.69, 9.17) is 0 Å². The molecule has 2 aliphatic rings. The molecule has 13 heavy (non-hydrogen) atoms. The summed E-state index contributed by atoms with van der Waals surface area (Å²) in [5.41, 5.74) is 0. The zero-order valence-corrected chi connectivity index (χ0v) is 11.3. The van der Waals surface area contributed by atoms with Crippen molar-refractivity contribution in [3.05, 3.63) is 11.1 Å². The molecule has 1 heterocycles. The van der Waals surface area contributed by atoms with Crippen molar-refractivity contribution in [2.75, 3.05) is 0 Å². The molecule has 2 nitrogen and oxygen atoms in total. The summed E-state index contributed by atoms with van der Waals surface area (Å²) in [5.74, 6) is 0.627. The van der Waals surface area contributed by atoms with Gasteiger partial charge in [-0.1, -0.05) is 12.8 Å². The zero-order chi connectivity index (χ0) is 8.55. The number of carbonyl (C=O) groups is 1. The smallest absolute Gasteiger partial charge is 0.219 e. The summed E-state index contributed by atoms with van der Waals surface area (Å²) in [5, 5.41) is 4.46. The molecular formula is C9H12NOSY-. The summed E-state index contributed by atoms with van der Waals surface area (Å²) in [4.78, 5) is 10.7. The van der Waals surface area contributed by atoms with Gasteiger partial charge in [0.25, 0.3) is 0 Å². The number of nitrogens with one attached hydrogen (secondary N) is 1. The van der Waals surface area contributed by atoms with Gasteiger partial charge in [-0.25, -0.2) is 0 Å². The van der Waals surface area contributed by atoms with Gasteiger partial charge in [0.05, 0.1) is 0 Å². The third kappa shape index (κ3) is 2.80. The van der Waals surface area contributed by atoms with Crippen LogP contribution in [-0.2, 0) is 37.5 Å². The minimum atomic E-state index is 0. The molecular weight excluding hydrogens is 259 g/mol. The van der Waals surface area contributed by atoms with Crippen molar-refractivity contribution in [3.63, 3.8) is 0 Å². The molecule has 0 saturated heterocycles. The van der Waals surface area contributed by atoms with Gasteiger partial charge in [-0.3, -0.25) is 4.79 Å². The maximum absolute atomic E-state index is 10.7. The van der Waals surface area contributed by atoms with E-state index in [2.05, 4.69) is 11.4 Å². The Balaban J connectivity index is 0.000000845. The first-order valence-electron chi connectivity index (χ1n) is 4.33. The average Bonchev–Trinajstić information content (AvgIpc) is 2.43. The molecule has 0 aromatic heterocycles. The average molecular weight is 271 g/mol. The van der Waals surface area contributed by atoms with Crippen molar-refractivity contribution >= 4 is 17.7 Å². The number of hydrogen-bond donors (Lipinski definition) is 1. The second-order valence-electron chi connectivity index (χ2n) is 3.35. The Kier molecular flexibility index (Phi) is 4.47. The van der Waals surface area contributed by atoms with Crippen molar-refractivity contribution in [1.82, 2.24) is 5.32 Å². The van der Waals surface area contributed by atoms with Gasteiger partial charge in [-0.15, -0.1) is 16.8 Å². The Bertz CT molecular complexity index is 242. The van der Waals surface area contributed by atoms with Crippen molar-refractivity contribution in [2.45, 2.75) is 31.4 Å². The number of fused-ring (bicyclic) bond motifs is 1. The van der Waals surface area contributed by atoms with E-state index in [9.17, 15) is 4.79 Å². The van der Waals surface area contributed by atoms with Crippen LogP contribution in [0.2, 0.25) is 0 Å². The third-order valence-electron chi connectivity index (χ3n) is 2.33. The molecule has 0 aromatic carbocycles. The molecule has 1 N–H and O–H groups in total. The van der Waals surface area contributed by atoms with E-state index in [0.29, 0.717) is 11.2 Å². The third-order valence-corrected chi connectivity index (χ3v) is 3.65. The van der Waals surface area contributed by atoms with Crippen LogP contribution in [0.1, 0.15) is 26.2 Å². The zero-order valence-electron chi connectivity index (χ0n) is 7.67. The van der Waals surface area contributed by atoms with Crippen LogP contribution in [-0.4, -0.2) is 11.2 Å². The minimum absolute atomic E-state index is 0. The first-order valence-corrected chi connectivity index (χ1v) is 5.21. The molecule has 2 atom stereocenters. The monoisotopic (exact) mass is 271 g/mol. The number of amides is 1. The Morgan fingerprint density at radius 3 is 3.00 bits per heavy atom. The fourth-order valence-corrected chi connectivity index (χ4v) is 3.19. The molecule has 1 saturated carbocycles. The summed E-state index contributed by atoms with van der Waals surface area (Å²) < 4.78 is 0. The van der Waals surface area contributed by atoms with Crippen LogP contribution in [0.5, 0.6) is 0 Å². The summed E-state index contributed by atoms with van der Waals surface area (Å²) in [6.07, 6.45) is 7.19. The number of hydrogen-bond acceptors (Lipinski definition) is 2. The summed E-state index contributed by atoms with van der Waals surface area (Å²) in [6.45, 7) is 1.54. The van der Waals surface area contributed by atoms with Gasteiger partial charge in [0.1, 0.15) is 0 Å². The quantitative estimate of drug-likeness (QED) is 0.735. The van der Waals surface area contributed by atoms with Crippen LogP contribution in [0, 0.1) is 12.0 Å². The van der Waals surface area contributed by atoms with E-state index in [0.717, 1.165) is 5.03 Å². The van der Waals surface area contributed by atoms with Crippen molar-refractivity contribution < 1.29 is 37.5 Å². The first-order chi connectivity index (χ1) is 5.75. The minimum Gasteiger partial charge on any atom is -0.460 e. The molecule has 1 fully saturated rings. The molecule has 2 unspecified atom stereocenters. The fraction of sp³-hybridized carbons (Fsp3) is 0.667. The van der Waals surface area contributed by atoms with Gasteiger partial charge in [-0.05, 0) is 11.7 Å². The molecule has 1 amide bonds. The molecule has 1 aliphatic carbocycles. The molecule has 0 spiro atoms. The Labute approximate surface area is 108 Å². The maximum Gasteiger partial charge on any atom is 0.219 e. The largest absolute Gasteiger partial charge is 0.460 e. The molecule has 1 radical (unpaired) electrons. The maximum atomic E-state index is 10.7. The van der Waals surface area contributed by atoms with Gasteiger partial charge >= 0.3 is 0 Å². The topological polar surface area (TPSA) is 29.1 Å². The predicted octanol–water partition coefficient (Wildman–Crippen LogP) is 1.68. The van der Waals surface area contributed by atoms with Crippen LogP contribution in [0.4, 0.5) is 0 Å². The number of allylic oxidation sites excluding steroid dienone is 1. The normalized spacial score (nSPS) is 30.4. The molecule has 2 rings (SSSR count). The molecule has 0 aromatic rings. The fourth-order valence-electron chi connectivity index (χ4n) is 1.81.